The second-order valence-electron chi connectivity index (χ2n) is 13.0. The van der Waals surface area contributed by atoms with Crippen molar-refractivity contribution in [2.45, 2.75) is 70.6 Å². The second kappa shape index (κ2) is 10.2. The zero-order valence-corrected chi connectivity index (χ0v) is 27.0. The summed E-state index contributed by atoms with van der Waals surface area (Å²) in [7, 11) is 2.14. The van der Waals surface area contributed by atoms with Crippen molar-refractivity contribution < 1.29 is 20.1 Å². The third-order valence-corrected chi connectivity index (χ3v) is 9.00. The molecule has 0 fully saturated rings. The number of nitrogens with zero attached hydrogens (tertiary/aromatic N) is 3. The molecule has 0 atom stereocenters. The van der Waals surface area contributed by atoms with Gasteiger partial charge in [0.2, 0.25) is 0 Å². The number of anilines is 3. The molecule has 0 N–H and O–H groups in total. The predicted molar refractivity (Wildman–Crippen MR) is 162 cm³/mol. The Bertz CT molecular complexity index is 1490. The summed E-state index contributed by atoms with van der Waals surface area (Å²) in [6, 6.07) is 29.6. The number of hydrogen-bond acceptors (Lipinski definition) is 3. The zero-order valence-electron chi connectivity index (χ0n) is 24.6. The minimum Gasteiger partial charge on any atom is -0.504 e. The van der Waals surface area contributed by atoms with Crippen molar-refractivity contribution in [3.05, 3.63) is 114 Å². The van der Waals surface area contributed by atoms with Crippen molar-refractivity contribution in [2.24, 2.45) is 0 Å². The van der Waals surface area contributed by atoms with Gasteiger partial charge < -0.3 is 14.8 Å². The zero-order chi connectivity index (χ0) is 27.6. The van der Waals surface area contributed by atoms with E-state index in [-0.39, 0.29) is 36.4 Å². The first-order chi connectivity index (χ1) is 18.5. The first kappa shape index (κ1) is 28.6. The maximum Gasteiger partial charge on any atom is 3.00 e. The summed E-state index contributed by atoms with van der Waals surface area (Å²) in [5.74, 6) is 0. The summed E-state index contributed by atoms with van der Waals surface area (Å²) in [4.78, 5) is 8.84. The minimum atomic E-state index is -0.0390. The van der Waals surface area contributed by atoms with Crippen LogP contribution in [-0.2, 0) is 36.4 Å². The van der Waals surface area contributed by atoms with Gasteiger partial charge in [-0.2, -0.15) is 18.8 Å². The van der Waals surface area contributed by atoms with Crippen LogP contribution >= 0.6 is 0 Å². The summed E-state index contributed by atoms with van der Waals surface area (Å²) in [5, 5.41) is 0. The summed E-state index contributed by atoms with van der Waals surface area (Å²) in [5.41, 5.74) is 12.2. The van der Waals surface area contributed by atoms with Crippen molar-refractivity contribution >= 4 is 17.1 Å². The van der Waals surface area contributed by atoms with Crippen LogP contribution in [0.5, 0.6) is 0 Å². The molecule has 3 nitrogen and oxygen atoms in total. The molecule has 40 heavy (non-hydrogen) atoms. The van der Waals surface area contributed by atoms with Crippen LogP contribution in [0.3, 0.4) is 0 Å². The van der Waals surface area contributed by atoms with E-state index in [4.69, 9.17) is 0 Å². The molecule has 4 heteroatoms. The quantitative estimate of drug-likeness (QED) is 0.185. The monoisotopic (exact) mass is 705 g/mol. The van der Waals surface area contributed by atoms with E-state index in [0.717, 1.165) is 11.3 Å². The smallest absolute Gasteiger partial charge is 0.504 e. The first-order valence-corrected chi connectivity index (χ1v) is 14.0. The van der Waals surface area contributed by atoms with E-state index in [9.17, 15) is 0 Å². The molecule has 7 rings (SSSR count). The van der Waals surface area contributed by atoms with Crippen molar-refractivity contribution in [1.82, 2.24) is 4.98 Å². The van der Waals surface area contributed by atoms with Crippen molar-refractivity contribution in [3.8, 4) is 11.3 Å². The standard InChI is InChI=1S/C25H30N2.C11H8N.Ir/c1-23(2)13-14-24(3,4)20-16(23)11-12-18-21(20)25(5,6)17-9-8-10-19-22(17)27(18)15-26(19)7;1-2-6-10(7-3-1)11-8-4-5-9-12-11;/h8-11,15H,13-14H2,1-7H3;1-6,8-9H;/q-2;-1;+3. The van der Waals surface area contributed by atoms with E-state index < -0.39 is 0 Å². The molecule has 0 saturated heterocycles. The van der Waals surface area contributed by atoms with Gasteiger partial charge in [-0.05, 0) is 47.7 Å². The Morgan fingerprint density at radius 2 is 1.55 bits per heavy atom. The van der Waals surface area contributed by atoms with Crippen LogP contribution in [-0.4, -0.2) is 12.0 Å². The molecule has 1 aromatic heterocycles. The topological polar surface area (TPSA) is 19.4 Å². The number of benzene rings is 3. The van der Waals surface area contributed by atoms with Crippen molar-refractivity contribution in [2.75, 3.05) is 16.8 Å². The molecule has 3 aliphatic rings. The van der Waals surface area contributed by atoms with E-state index in [2.05, 4.69) is 106 Å². The average Bonchev–Trinajstić information content (AvgIpc) is 3.28. The number of pyridine rings is 1. The average molecular weight is 705 g/mol. The largest absolute Gasteiger partial charge is 3.00 e. The van der Waals surface area contributed by atoms with Crippen LogP contribution in [0.2, 0.25) is 0 Å². The molecule has 0 bridgehead atoms. The Morgan fingerprint density at radius 3 is 2.25 bits per heavy atom. The van der Waals surface area contributed by atoms with Crippen LogP contribution in [0.4, 0.5) is 17.1 Å². The third-order valence-electron chi connectivity index (χ3n) is 9.00. The summed E-state index contributed by atoms with van der Waals surface area (Å²) in [6.07, 6.45) is 4.26. The Labute approximate surface area is 254 Å². The van der Waals surface area contributed by atoms with E-state index in [1.807, 2.05) is 42.5 Å². The van der Waals surface area contributed by atoms with Gasteiger partial charge in [-0.15, -0.1) is 52.6 Å². The van der Waals surface area contributed by atoms with Gasteiger partial charge in [0.1, 0.15) is 0 Å². The molecule has 206 valence electrons. The van der Waals surface area contributed by atoms with E-state index in [1.54, 1.807) is 11.8 Å². The number of para-hydroxylation sites is 1. The Hall–Kier alpha value is -2.94. The van der Waals surface area contributed by atoms with Gasteiger partial charge in [-0.25, -0.2) is 0 Å². The van der Waals surface area contributed by atoms with Crippen LogP contribution in [0.15, 0.2) is 72.9 Å². The molecular formula is C36H38IrN3. The Morgan fingerprint density at radius 1 is 0.800 bits per heavy atom. The fourth-order valence-electron chi connectivity index (χ4n) is 6.70. The third kappa shape index (κ3) is 4.50. The summed E-state index contributed by atoms with van der Waals surface area (Å²) >= 11 is 0. The molecule has 1 aliphatic carbocycles. The first-order valence-electron chi connectivity index (χ1n) is 14.0. The van der Waals surface area contributed by atoms with Gasteiger partial charge >= 0.3 is 20.1 Å². The van der Waals surface area contributed by atoms with Crippen LogP contribution in [0.1, 0.15) is 76.6 Å². The minimum absolute atomic E-state index is 0. The molecule has 2 aliphatic heterocycles. The van der Waals surface area contributed by atoms with Crippen LogP contribution < -0.4 is 9.80 Å². The maximum absolute atomic E-state index is 4.22. The van der Waals surface area contributed by atoms with E-state index in [1.165, 1.54) is 46.6 Å². The Balaban J connectivity index is 0.000000209. The fraction of sp³-hybridized carbons (Fsp3) is 0.333. The molecule has 0 unspecified atom stereocenters. The van der Waals surface area contributed by atoms with Gasteiger partial charge in [-0.3, -0.25) is 0 Å². The van der Waals surface area contributed by atoms with Crippen molar-refractivity contribution in [3.63, 3.8) is 0 Å². The van der Waals surface area contributed by atoms with Gasteiger partial charge in [0.25, 0.3) is 0 Å². The number of hydrogen-bond donors (Lipinski definition) is 0. The SMILES string of the molecule is CN1[CH-]N2c3[c-]cc4c(c3C(C)(C)c3cccc1c32)C(C)(C)CCC4(C)C.[Ir+3].[c-]1ccccc1-c1ccccn1. The summed E-state index contributed by atoms with van der Waals surface area (Å²) < 4.78 is 0. The number of fused-ring (bicyclic) bond motifs is 4. The molecule has 0 spiro atoms. The van der Waals surface area contributed by atoms with E-state index in [0.29, 0.717) is 0 Å². The van der Waals surface area contributed by atoms with Gasteiger partial charge in [-0.1, -0.05) is 83.3 Å². The molecule has 4 aromatic rings. The second-order valence-corrected chi connectivity index (χ2v) is 13.0. The fourth-order valence-corrected chi connectivity index (χ4v) is 6.70. The van der Waals surface area contributed by atoms with Crippen molar-refractivity contribution in [1.29, 1.82) is 0 Å². The van der Waals surface area contributed by atoms with Crippen LogP contribution in [0, 0.1) is 18.8 Å². The molecule has 0 amide bonds. The molecule has 3 heterocycles. The maximum atomic E-state index is 4.22. The number of aromatic nitrogens is 1. The van der Waals surface area contributed by atoms with Gasteiger partial charge in [0.05, 0.1) is 0 Å². The van der Waals surface area contributed by atoms with Gasteiger partial charge in [0, 0.05) is 17.6 Å². The molecule has 0 saturated carbocycles. The normalized spacial score (nSPS) is 18.4. The molecular weight excluding hydrogens is 667 g/mol. The molecule has 3 aromatic carbocycles. The number of rotatable bonds is 1. The Kier molecular flexibility index (Phi) is 7.26. The van der Waals surface area contributed by atoms with Gasteiger partial charge in [0.15, 0.2) is 0 Å². The van der Waals surface area contributed by atoms with E-state index >= 15 is 0 Å². The summed E-state index contributed by atoms with van der Waals surface area (Å²) in [6.45, 7) is 16.7. The predicted octanol–water partition coefficient (Wildman–Crippen LogP) is 8.73. The van der Waals surface area contributed by atoms with Crippen LogP contribution in [0.25, 0.3) is 11.3 Å². The molecule has 0 radical (unpaired) electrons.